The van der Waals surface area contributed by atoms with Crippen molar-refractivity contribution in [1.29, 1.82) is 0 Å². The summed E-state index contributed by atoms with van der Waals surface area (Å²) in [4.78, 5) is 0. The predicted octanol–water partition coefficient (Wildman–Crippen LogP) is 12.1. The fourth-order valence-electron chi connectivity index (χ4n) is 5.67. The molecule has 0 aliphatic heterocycles. The Balaban J connectivity index is 2.40. The topological polar surface area (TPSA) is 0 Å². The summed E-state index contributed by atoms with van der Waals surface area (Å²) >= 11 is 0. The van der Waals surface area contributed by atoms with Crippen molar-refractivity contribution in [2.24, 2.45) is 0 Å². The molecule has 0 unspecified atom stereocenters. The minimum absolute atomic E-state index is 0.947. The van der Waals surface area contributed by atoms with E-state index in [4.69, 9.17) is 12.8 Å². The molecule has 0 heteroatoms. The smallest absolute Gasteiger partial charge is 0.00860 e. The van der Waals surface area contributed by atoms with Gasteiger partial charge in [-0.1, -0.05) is 121 Å². The van der Waals surface area contributed by atoms with E-state index in [0.29, 0.717) is 0 Å². The Morgan fingerprint density at radius 2 is 0.897 bits per heavy atom. The first-order valence-electron chi connectivity index (χ1n) is 16.9. The number of hydrogen-bond acceptors (Lipinski definition) is 0. The van der Waals surface area contributed by atoms with Gasteiger partial charge in [0.2, 0.25) is 0 Å². The molecule has 0 aromatic heterocycles. The molecule has 218 valence electrons. The molecule has 0 nitrogen and oxygen atoms in total. The highest BCUT2D eigenvalue weighted by molar-refractivity contribution is 5.32. The molecule has 0 saturated heterocycles. The van der Waals surface area contributed by atoms with Gasteiger partial charge in [0.1, 0.15) is 0 Å². The van der Waals surface area contributed by atoms with E-state index >= 15 is 0 Å². The molecule has 0 saturated carbocycles. The van der Waals surface area contributed by atoms with Gasteiger partial charge in [-0.25, -0.2) is 0 Å². The van der Waals surface area contributed by atoms with Gasteiger partial charge in [0.25, 0.3) is 0 Å². The molecule has 0 aliphatic carbocycles. The predicted molar refractivity (Wildman–Crippen MR) is 176 cm³/mol. The van der Waals surface area contributed by atoms with Crippen LogP contribution in [0.1, 0.15) is 171 Å². The summed E-state index contributed by atoms with van der Waals surface area (Å²) in [6.45, 7) is 3.83. The van der Waals surface area contributed by atoms with Crippen molar-refractivity contribution >= 4 is 0 Å². The molecule has 0 spiro atoms. The fraction of sp³-hybridized carbons (Fsp3) is 0.692. The fourth-order valence-corrected chi connectivity index (χ4v) is 5.67. The maximum absolute atomic E-state index is 5.36. The van der Waals surface area contributed by atoms with E-state index in [2.05, 4.69) is 42.7 Å². The van der Waals surface area contributed by atoms with Crippen LogP contribution in [-0.4, -0.2) is 0 Å². The minimum Gasteiger partial charge on any atom is -0.120 e. The molecule has 0 fully saturated rings. The van der Waals surface area contributed by atoms with Crippen molar-refractivity contribution in [1.82, 2.24) is 0 Å². The molecule has 39 heavy (non-hydrogen) atoms. The molecule has 1 aromatic rings. The zero-order valence-corrected chi connectivity index (χ0v) is 25.8. The average Bonchev–Trinajstić information content (AvgIpc) is 2.95. The highest BCUT2D eigenvalue weighted by Crippen LogP contribution is 2.21. The van der Waals surface area contributed by atoms with E-state index in [1.165, 1.54) is 161 Å². The van der Waals surface area contributed by atoms with Crippen LogP contribution in [0.4, 0.5) is 0 Å². The molecule has 0 amide bonds. The van der Waals surface area contributed by atoms with Crippen molar-refractivity contribution in [3.8, 4) is 24.7 Å². The Bertz CT molecular complexity index is 770. The van der Waals surface area contributed by atoms with E-state index in [9.17, 15) is 0 Å². The van der Waals surface area contributed by atoms with E-state index in [0.717, 1.165) is 12.8 Å². The Hall–Kier alpha value is -1.92. The first-order chi connectivity index (χ1) is 19.3. The van der Waals surface area contributed by atoms with Gasteiger partial charge >= 0.3 is 0 Å². The van der Waals surface area contributed by atoms with Crippen LogP contribution in [-0.2, 0) is 19.3 Å². The van der Waals surface area contributed by atoms with Gasteiger partial charge in [-0.05, 0) is 80.9 Å². The van der Waals surface area contributed by atoms with Crippen LogP contribution in [0.5, 0.6) is 0 Å². The second-order valence-electron chi connectivity index (χ2n) is 11.8. The van der Waals surface area contributed by atoms with Crippen LogP contribution in [0.3, 0.4) is 0 Å². The number of benzene rings is 1. The summed E-state index contributed by atoms with van der Waals surface area (Å²) in [6.07, 6.45) is 47.8. The molecule has 0 radical (unpaired) electrons. The highest BCUT2D eigenvalue weighted by Gasteiger charge is 2.06. The first kappa shape index (κ1) is 35.1. The third kappa shape index (κ3) is 21.6. The number of aryl methyl sites for hydroxylation is 3. The van der Waals surface area contributed by atoms with Gasteiger partial charge in [0.15, 0.2) is 0 Å². The second kappa shape index (κ2) is 27.6. The monoisotopic (exact) mass is 530 g/mol. The number of hydrogen-bond donors (Lipinski definition) is 0. The van der Waals surface area contributed by atoms with Gasteiger partial charge in [0.05, 0.1) is 0 Å². The van der Waals surface area contributed by atoms with Crippen molar-refractivity contribution in [2.75, 3.05) is 0 Å². The summed E-state index contributed by atoms with van der Waals surface area (Å²) in [5.41, 5.74) is 4.85. The summed E-state index contributed by atoms with van der Waals surface area (Å²) in [7, 11) is 0. The van der Waals surface area contributed by atoms with Crippen molar-refractivity contribution in [2.45, 2.75) is 173 Å². The summed E-state index contributed by atoms with van der Waals surface area (Å²) in [5.74, 6) is 5.51. The SMILES string of the molecule is C#CCCCCCCCCCc1ccc(CCCCCCCCCC#C)c(CCCCCCCCCC=C)c1. The lowest BCUT2D eigenvalue weighted by molar-refractivity contribution is 0.575. The van der Waals surface area contributed by atoms with Crippen molar-refractivity contribution in [3.63, 3.8) is 0 Å². The lowest BCUT2D eigenvalue weighted by atomic mass is 9.93. The molecular formula is C39H62. The molecule has 0 heterocycles. The molecule has 0 atom stereocenters. The van der Waals surface area contributed by atoms with Gasteiger partial charge < -0.3 is 0 Å². The van der Waals surface area contributed by atoms with Gasteiger partial charge in [-0.2, -0.15) is 0 Å². The largest absolute Gasteiger partial charge is 0.120 e. The van der Waals surface area contributed by atoms with Crippen LogP contribution in [0.2, 0.25) is 0 Å². The minimum atomic E-state index is 0.947. The third-order valence-electron chi connectivity index (χ3n) is 8.18. The van der Waals surface area contributed by atoms with Crippen LogP contribution in [0.25, 0.3) is 0 Å². The summed E-state index contributed by atoms with van der Waals surface area (Å²) in [6, 6.07) is 7.50. The number of allylic oxidation sites excluding steroid dienone is 1. The van der Waals surface area contributed by atoms with Crippen LogP contribution >= 0.6 is 0 Å². The molecule has 0 bridgehead atoms. The van der Waals surface area contributed by atoms with Crippen LogP contribution in [0.15, 0.2) is 30.9 Å². The Labute approximate surface area is 245 Å². The molecule has 0 aliphatic rings. The standard InChI is InChI=1S/C39H62/c1-4-7-10-13-16-19-22-25-28-31-37-34-35-38(32-29-26-23-20-17-14-11-8-5-2)39(36-37)33-30-27-24-21-18-15-12-9-6-3/h1-2,6,34-36H,3,7-33H2. The van der Waals surface area contributed by atoms with Gasteiger partial charge in [0, 0.05) is 12.8 Å². The van der Waals surface area contributed by atoms with Crippen molar-refractivity contribution in [3.05, 3.63) is 47.5 Å². The zero-order valence-electron chi connectivity index (χ0n) is 25.8. The Kier molecular flexibility index (Phi) is 24.9. The Morgan fingerprint density at radius 1 is 0.487 bits per heavy atom. The van der Waals surface area contributed by atoms with E-state index in [1.54, 1.807) is 16.7 Å². The van der Waals surface area contributed by atoms with Crippen LogP contribution in [0, 0.1) is 24.7 Å². The van der Waals surface area contributed by atoms with Gasteiger partial charge in [-0.3, -0.25) is 0 Å². The van der Waals surface area contributed by atoms with Crippen LogP contribution < -0.4 is 0 Å². The summed E-state index contributed by atoms with van der Waals surface area (Å²) < 4.78 is 0. The highest BCUT2D eigenvalue weighted by atomic mass is 14.1. The van der Waals surface area contributed by atoms with Crippen molar-refractivity contribution < 1.29 is 0 Å². The number of unbranched alkanes of at least 4 members (excludes halogenated alkanes) is 21. The van der Waals surface area contributed by atoms with E-state index in [1.807, 2.05) is 0 Å². The quantitative estimate of drug-likeness (QED) is 0.0574. The molecule has 1 rings (SSSR count). The summed E-state index contributed by atoms with van der Waals surface area (Å²) in [5, 5.41) is 0. The third-order valence-corrected chi connectivity index (χ3v) is 8.18. The maximum atomic E-state index is 5.36. The Morgan fingerprint density at radius 3 is 1.38 bits per heavy atom. The lowest BCUT2D eigenvalue weighted by Crippen LogP contribution is -1.98. The molecule has 0 N–H and O–H groups in total. The zero-order chi connectivity index (χ0) is 28.1. The number of terminal acetylenes is 2. The first-order valence-corrected chi connectivity index (χ1v) is 16.9. The number of rotatable bonds is 28. The molecule has 1 aromatic carbocycles. The molecular weight excluding hydrogens is 468 g/mol. The van der Waals surface area contributed by atoms with E-state index in [-0.39, 0.29) is 0 Å². The maximum Gasteiger partial charge on any atom is 0.00860 e. The average molecular weight is 531 g/mol. The lowest BCUT2D eigenvalue weighted by Gasteiger charge is -2.13. The second-order valence-corrected chi connectivity index (χ2v) is 11.8. The van der Waals surface area contributed by atoms with E-state index < -0.39 is 0 Å². The normalized spacial score (nSPS) is 10.8. The van der Waals surface area contributed by atoms with Gasteiger partial charge in [-0.15, -0.1) is 31.3 Å².